The Balaban J connectivity index is 0.00000156. The summed E-state index contributed by atoms with van der Waals surface area (Å²) in [5.41, 5.74) is 0.222. The van der Waals surface area contributed by atoms with E-state index < -0.39 is 11.9 Å². The third-order valence-corrected chi connectivity index (χ3v) is 3.46. The normalized spacial score (nSPS) is 11.8. The fourth-order valence-corrected chi connectivity index (χ4v) is 2.53. The van der Waals surface area contributed by atoms with E-state index in [1.807, 2.05) is 18.2 Å². The summed E-state index contributed by atoms with van der Waals surface area (Å²) in [5, 5.41) is 5.35. The number of halogens is 3. The van der Waals surface area contributed by atoms with Crippen LogP contribution >= 0.6 is 0 Å². The summed E-state index contributed by atoms with van der Waals surface area (Å²) in [5.74, 6) is 0. The van der Waals surface area contributed by atoms with Gasteiger partial charge in [-0.2, -0.15) is 36.5 Å². The summed E-state index contributed by atoms with van der Waals surface area (Å²) in [6.07, 6.45) is -3.39. The van der Waals surface area contributed by atoms with E-state index in [0.29, 0.717) is 11.2 Å². The van der Waals surface area contributed by atoms with E-state index in [1.165, 1.54) is 0 Å². The maximum atomic E-state index is 13.1. The summed E-state index contributed by atoms with van der Waals surface area (Å²) in [4.78, 5) is 0. The second kappa shape index (κ2) is 5.51. The van der Waals surface area contributed by atoms with Crippen molar-refractivity contribution in [3.63, 3.8) is 0 Å². The number of aromatic nitrogens is 2. The molecule has 119 valence electrons. The molecule has 1 radical (unpaired) electrons. The van der Waals surface area contributed by atoms with Gasteiger partial charge in [0.15, 0.2) is 0 Å². The molecular weight excluding hydrogens is 485 g/mol. The number of fused-ring (bicyclic) bond motifs is 3. The molecule has 2 heterocycles. The predicted octanol–water partition coefficient (Wildman–Crippen LogP) is 4.59. The number of alkyl halides is 3. The Labute approximate surface area is 142 Å². The molecule has 4 aromatic rings. The molecule has 0 aliphatic rings. The van der Waals surface area contributed by atoms with E-state index in [-0.39, 0.29) is 25.8 Å². The SMILES string of the molecule is FC(F)(F)c1ccnn1-c1[c-]ccc2c1oc1ccccc12.[Ir]. The first-order valence-corrected chi connectivity index (χ1v) is 6.49. The largest absolute Gasteiger partial charge is 0.513 e. The Morgan fingerprint density at radius 2 is 1.83 bits per heavy atom. The Kier molecular flexibility index (Phi) is 3.78. The molecule has 0 N–H and O–H groups in total. The minimum atomic E-state index is -4.50. The third-order valence-electron chi connectivity index (χ3n) is 3.46. The molecule has 7 heteroatoms. The molecule has 0 bridgehead atoms. The number of rotatable bonds is 1. The third kappa shape index (κ3) is 2.46. The first kappa shape index (κ1) is 15.8. The maximum Gasteiger partial charge on any atom is 0.433 e. The average Bonchev–Trinajstić information content (AvgIpc) is 3.11. The van der Waals surface area contributed by atoms with Gasteiger partial charge >= 0.3 is 6.18 Å². The van der Waals surface area contributed by atoms with Gasteiger partial charge in [0.25, 0.3) is 0 Å². The van der Waals surface area contributed by atoms with E-state index in [0.717, 1.165) is 27.7 Å². The van der Waals surface area contributed by atoms with Crippen LogP contribution in [0, 0.1) is 6.07 Å². The van der Waals surface area contributed by atoms with Gasteiger partial charge in [-0.1, -0.05) is 23.6 Å². The molecule has 23 heavy (non-hydrogen) atoms. The van der Waals surface area contributed by atoms with Crippen LogP contribution in [0.3, 0.4) is 0 Å². The second-order valence-electron chi connectivity index (χ2n) is 4.79. The van der Waals surface area contributed by atoms with Gasteiger partial charge in [0.2, 0.25) is 0 Å². The number of para-hydroxylation sites is 1. The molecule has 2 aromatic heterocycles. The van der Waals surface area contributed by atoms with Gasteiger partial charge in [-0.05, 0) is 17.8 Å². The number of furan rings is 1. The van der Waals surface area contributed by atoms with Crippen LogP contribution in [-0.4, -0.2) is 9.78 Å². The molecule has 0 atom stereocenters. The van der Waals surface area contributed by atoms with Crippen molar-refractivity contribution in [3.05, 3.63) is 60.4 Å². The van der Waals surface area contributed by atoms with Gasteiger partial charge in [0.05, 0.1) is 0 Å². The van der Waals surface area contributed by atoms with Gasteiger partial charge < -0.3 is 4.42 Å². The number of nitrogens with zero attached hydrogens (tertiary/aromatic N) is 2. The molecule has 2 aromatic carbocycles. The van der Waals surface area contributed by atoms with E-state index in [1.54, 1.807) is 18.2 Å². The minimum absolute atomic E-state index is 0. The fourth-order valence-electron chi connectivity index (χ4n) is 2.53. The Morgan fingerprint density at radius 3 is 2.61 bits per heavy atom. The first-order chi connectivity index (χ1) is 10.6. The first-order valence-electron chi connectivity index (χ1n) is 6.49. The Bertz CT molecular complexity index is 988. The molecule has 0 aliphatic heterocycles. The zero-order valence-corrected chi connectivity index (χ0v) is 13.8. The smallest absolute Gasteiger partial charge is 0.433 e. The second-order valence-corrected chi connectivity index (χ2v) is 4.79. The van der Waals surface area contributed by atoms with Crippen molar-refractivity contribution in [2.24, 2.45) is 0 Å². The van der Waals surface area contributed by atoms with Crippen molar-refractivity contribution in [2.45, 2.75) is 6.18 Å². The summed E-state index contributed by atoms with van der Waals surface area (Å²) in [6, 6.07) is 14.3. The molecule has 0 saturated heterocycles. The monoisotopic (exact) mass is 494 g/mol. The van der Waals surface area contributed by atoms with Crippen molar-refractivity contribution in [1.82, 2.24) is 9.78 Å². The molecule has 4 rings (SSSR count). The number of hydrogen-bond donors (Lipinski definition) is 0. The molecule has 0 aliphatic carbocycles. The van der Waals surface area contributed by atoms with Gasteiger partial charge in [0.1, 0.15) is 11.3 Å². The van der Waals surface area contributed by atoms with Crippen LogP contribution in [0.1, 0.15) is 5.69 Å². The Morgan fingerprint density at radius 1 is 1.04 bits per heavy atom. The molecule has 0 amide bonds. The molecule has 0 unspecified atom stereocenters. The van der Waals surface area contributed by atoms with Crippen LogP contribution in [0.4, 0.5) is 13.2 Å². The van der Waals surface area contributed by atoms with Crippen LogP contribution in [0.15, 0.2) is 53.1 Å². The topological polar surface area (TPSA) is 31.0 Å². The van der Waals surface area contributed by atoms with Crippen LogP contribution in [-0.2, 0) is 26.3 Å². The van der Waals surface area contributed by atoms with Gasteiger partial charge in [-0.25, -0.2) is 4.68 Å². The molecule has 3 nitrogen and oxygen atoms in total. The van der Waals surface area contributed by atoms with Crippen molar-refractivity contribution in [1.29, 1.82) is 0 Å². The summed E-state index contributed by atoms with van der Waals surface area (Å²) in [6.45, 7) is 0. The van der Waals surface area contributed by atoms with Crippen LogP contribution < -0.4 is 0 Å². The van der Waals surface area contributed by atoms with Crippen LogP contribution in [0.2, 0.25) is 0 Å². The van der Waals surface area contributed by atoms with Crippen LogP contribution in [0.5, 0.6) is 0 Å². The zero-order valence-electron chi connectivity index (χ0n) is 11.4. The summed E-state index contributed by atoms with van der Waals surface area (Å²) in [7, 11) is 0. The minimum Gasteiger partial charge on any atom is -0.513 e. The van der Waals surface area contributed by atoms with Crippen LogP contribution in [0.25, 0.3) is 27.6 Å². The number of benzene rings is 2. The number of hydrogen-bond acceptors (Lipinski definition) is 2. The van der Waals surface area contributed by atoms with Crippen molar-refractivity contribution >= 4 is 21.9 Å². The van der Waals surface area contributed by atoms with Crippen molar-refractivity contribution in [2.75, 3.05) is 0 Å². The molecule has 0 spiro atoms. The van der Waals surface area contributed by atoms with Gasteiger partial charge in [-0.3, -0.25) is 0 Å². The molecular formula is C16H8F3IrN2O-. The summed E-state index contributed by atoms with van der Waals surface area (Å²) >= 11 is 0. The maximum absolute atomic E-state index is 13.1. The van der Waals surface area contributed by atoms with E-state index >= 15 is 0 Å². The Hall–Kier alpha value is -2.11. The van der Waals surface area contributed by atoms with Gasteiger partial charge in [-0.15, -0.1) is 0 Å². The zero-order chi connectivity index (χ0) is 15.3. The van der Waals surface area contributed by atoms with Crippen molar-refractivity contribution < 1.29 is 37.7 Å². The molecule has 0 saturated carbocycles. The van der Waals surface area contributed by atoms with Crippen molar-refractivity contribution in [3.8, 4) is 5.69 Å². The quantitative estimate of drug-likeness (QED) is 0.364. The van der Waals surface area contributed by atoms with E-state index in [9.17, 15) is 13.2 Å². The standard InChI is InChI=1S/C16H8F3N2O.Ir/c17-16(18,19)14-8-9-20-21(14)12-6-3-5-11-10-4-1-2-7-13(10)22-15(11)12;/h1-5,7-9H;/q-1;. The molecule has 0 fully saturated rings. The predicted molar refractivity (Wildman–Crippen MR) is 74.7 cm³/mol. The average molecular weight is 493 g/mol. The van der Waals surface area contributed by atoms with E-state index in [4.69, 9.17) is 4.42 Å². The summed E-state index contributed by atoms with van der Waals surface area (Å²) < 4.78 is 45.7. The van der Waals surface area contributed by atoms with Gasteiger partial charge in [0, 0.05) is 37.3 Å². The fraction of sp³-hybridized carbons (Fsp3) is 0.0625. The van der Waals surface area contributed by atoms with E-state index in [2.05, 4.69) is 11.2 Å².